The van der Waals surface area contributed by atoms with Crippen molar-refractivity contribution in [2.24, 2.45) is 0 Å². The molecular weight excluding hydrogens is 294 g/mol. The minimum atomic E-state index is -0.320. The number of aryl methyl sites for hydroxylation is 1. The van der Waals surface area contributed by atoms with Crippen molar-refractivity contribution in [2.75, 3.05) is 4.90 Å². The highest BCUT2D eigenvalue weighted by Crippen LogP contribution is 2.32. The number of nitrogens with one attached hydrogen (secondary N) is 1. The lowest BCUT2D eigenvalue weighted by Gasteiger charge is -2.17. The molecule has 0 bridgehead atoms. The fraction of sp³-hybridized carbons (Fsp3) is 0.0625. The van der Waals surface area contributed by atoms with Crippen molar-refractivity contribution in [3.05, 3.63) is 59.2 Å². The van der Waals surface area contributed by atoms with E-state index in [2.05, 4.69) is 20.6 Å². The smallest absolute Gasteiger partial charge is 0.266 e. The number of nitrogens with zero attached hydrogens (tertiary/aromatic N) is 4. The van der Waals surface area contributed by atoms with Gasteiger partial charge in [-0.15, -0.1) is 10.2 Å². The zero-order chi connectivity index (χ0) is 16.0. The van der Waals surface area contributed by atoms with Crippen LogP contribution in [-0.4, -0.2) is 32.4 Å². The first kappa shape index (κ1) is 13.3. The van der Waals surface area contributed by atoms with Crippen molar-refractivity contribution in [1.29, 1.82) is 0 Å². The number of benzene rings is 2. The molecule has 0 saturated heterocycles. The third-order valence-electron chi connectivity index (χ3n) is 3.85. The number of tetrazole rings is 1. The molecule has 7 heteroatoms. The summed E-state index contributed by atoms with van der Waals surface area (Å²) in [5.41, 5.74) is 2.85. The lowest BCUT2D eigenvalue weighted by Crippen LogP contribution is -2.30. The van der Waals surface area contributed by atoms with Gasteiger partial charge < -0.3 is 0 Å². The Morgan fingerprint density at radius 2 is 1.70 bits per heavy atom. The monoisotopic (exact) mass is 305 g/mol. The molecule has 0 radical (unpaired) electrons. The molecule has 0 spiro atoms. The predicted octanol–water partition coefficient (Wildman–Crippen LogP) is 1.98. The van der Waals surface area contributed by atoms with Crippen LogP contribution in [0.15, 0.2) is 42.5 Å². The SMILES string of the molecule is Cc1ccc(-c2nn[nH]n2)cc1N1C(=O)c2ccccc2C1=O. The van der Waals surface area contributed by atoms with E-state index in [4.69, 9.17) is 0 Å². The fourth-order valence-electron chi connectivity index (χ4n) is 2.68. The Hall–Kier alpha value is -3.35. The molecule has 1 N–H and O–H groups in total. The van der Waals surface area contributed by atoms with Gasteiger partial charge in [0.1, 0.15) is 0 Å². The summed E-state index contributed by atoms with van der Waals surface area (Å²) in [4.78, 5) is 26.4. The number of H-pyrrole nitrogens is 1. The number of carbonyl (C=O) groups excluding carboxylic acids is 2. The van der Waals surface area contributed by atoms with Crippen LogP contribution in [0.25, 0.3) is 11.4 Å². The Morgan fingerprint density at radius 1 is 1.00 bits per heavy atom. The number of anilines is 1. The maximum absolute atomic E-state index is 12.6. The van der Waals surface area contributed by atoms with E-state index in [1.165, 1.54) is 4.90 Å². The second-order valence-electron chi connectivity index (χ2n) is 5.23. The van der Waals surface area contributed by atoms with Crippen LogP contribution in [0.5, 0.6) is 0 Å². The number of carbonyl (C=O) groups is 2. The Kier molecular flexibility index (Phi) is 2.80. The molecular formula is C16H11N5O2. The third kappa shape index (κ3) is 1.94. The first-order chi connectivity index (χ1) is 11.2. The summed E-state index contributed by atoms with van der Waals surface area (Å²) in [5.74, 6) is -0.235. The summed E-state index contributed by atoms with van der Waals surface area (Å²) in [6.07, 6.45) is 0. The Morgan fingerprint density at radius 3 is 2.30 bits per heavy atom. The Balaban J connectivity index is 1.84. The Bertz CT molecular complexity index is 898. The number of aromatic amines is 1. The van der Waals surface area contributed by atoms with E-state index in [9.17, 15) is 9.59 Å². The molecule has 4 rings (SSSR count). The number of amides is 2. The van der Waals surface area contributed by atoms with Crippen LogP contribution in [0.2, 0.25) is 0 Å². The van der Waals surface area contributed by atoms with Gasteiger partial charge in [-0.3, -0.25) is 9.59 Å². The number of hydrogen-bond donors (Lipinski definition) is 1. The van der Waals surface area contributed by atoms with E-state index in [1.54, 1.807) is 30.3 Å². The largest absolute Gasteiger partial charge is 0.268 e. The van der Waals surface area contributed by atoms with E-state index >= 15 is 0 Å². The van der Waals surface area contributed by atoms with Crippen LogP contribution in [0.3, 0.4) is 0 Å². The predicted molar refractivity (Wildman–Crippen MR) is 81.9 cm³/mol. The molecule has 0 aliphatic carbocycles. The van der Waals surface area contributed by atoms with Crippen LogP contribution in [0, 0.1) is 6.92 Å². The number of imide groups is 1. The van der Waals surface area contributed by atoms with Gasteiger partial charge in [0, 0.05) is 5.56 Å². The average molecular weight is 305 g/mol. The second kappa shape index (κ2) is 4.84. The first-order valence-electron chi connectivity index (χ1n) is 6.99. The van der Waals surface area contributed by atoms with Crippen LogP contribution in [-0.2, 0) is 0 Å². The lowest BCUT2D eigenvalue weighted by atomic mass is 10.1. The zero-order valence-corrected chi connectivity index (χ0v) is 12.1. The highest BCUT2D eigenvalue weighted by molar-refractivity contribution is 6.34. The molecule has 0 saturated carbocycles. The number of aromatic nitrogens is 4. The van der Waals surface area contributed by atoms with E-state index < -0.39 is 0 Å². The molecule has 2 aromatic carbocycles. The van der Waals surface area contributed by atoms with Crippen molar-refractivity contribution in [3.8, 4) is 11.4 Å². The standard InChI is InChI=1S/C16H11N5O2/c1-9-6-7-10(14-17-19-20-18-14)8-13(9)21-15(22)11-4-2-3-5-12(11)16(21)23/h2-8H,1H3,(H,17,18,19,20). The van der Waals surface area contributed by atoms with Crippen molar-refractivity contribution in [2.45, 2.75) is 6.92 Å². The highest BCUT2D eigenvalue weighted by Gasteiger charge is 2.37. The van der Waals surface area contributed by atoms with Crippen LogP contribution >= 0.6 is 0 Å². The molecule has 0 atom stereocenters. The van der Waals surface area contributed by atoms with Crippen LogP contribution in [0.1, 0.15) is 26.3 Å². The zero-order valence-electron chi connectivity index (χ0n) is 12.1. The molecule has 23 heavy (non-hydrogen) atoms. The normalized spacial score (nSPS) is 13.5. The number of fused-ring (bicyclic) bond motifs is 1. The van der Waals surface area contributed by atoms with Gasteiger partial charge in [0.05, 0.1) is 16.8 Å². The molecule has 0 unspecified atom stereocenters. The van der Waals surface area contributed by atoms with Gasteiger partial charge in [-0.1, -0.05) is 24.3 Å². The quantitative estimate of drug-likeness (QED) is 0.731. The van der Waals surface area contributed by atoms with Crippen molar-refractivity contribution < 1.29 is 9.59 Å². The molecule has 7 nitrogen and oxygen atoms in total. The topological polar surface area (TPSA) is 91.8 Å². The summed E-state index contributed by atoms with van der Waals surface area (Å²) in [7, 11) is 0. The van der Waals surface area contributed by atoms with E-state index in [1.807, 2.05) is 19.1 Å². The fourth-order valence-corrected chi connectivity index (χ4v) is 2.68. The number of hydrogen-bond acceptors (Lipinski definition) is 5. The van der Waals surface area contributed by atoms with Gasteiger partial charge >= 0.3 is 0 Å². The summed E-state index contributed by atoms with van der Waals surface area (Å²) in [6, 6.07) is 12.2. The lowest BCUT2D eigenvalue weighted by molar-refractivity contribution is 0.0926. The molecule has 0 fully saturated rings. The van der Waals surface area contributed by atoms with Gasteiger partial charge in [0.2, 0.25) is 5.82 Å². The average Bonchev–Trinajstić information content (AvgIpc) is 3.18. The minimum absolute atomic E-state index is 0.320. The summed E-state index contributed by atoms with van der Waals surface area (Å²) >= 11 is 0. The van der Waals surface area contributed by atoms with Crippen LogP contribution < -0.4 is 4.90 Å². The van der Waals surface area contributed by atoms with Gasteiger partial charge in [0.15, 0.2) is 0 Å². The van der Waals surface area contributed by atoms with Crippen molar-refractivity contribution in [3.63, 3.8) is 0 Å². The first-order valence-corrected chi connectivity index (χ1v) is 6.99. The molecule has 112 valence electrons. The Labute approximate surface area is 130 Å². The van der Waals surface area contributed by atoms with Gasteiger partial charge in [-0.05, 0) is 35.9 Å². The van der Waals surface area contributed by atoms with E-state index in [0.29, 0.717) is 28.2 Å². The molecule has 1 aliphatic rings. The van der Waals surface area contributed by atoms with E-state index in [-0.39, 0.29) is 11.8 Å². The highest BCUT2D eigenvalue weighted by atomic mass is 16.2. The molecule has 2 amide bonds. The van der Waals surface area contributed by atoms with E-state index in [0.717, 1.165) is 5.56 Å². The summed E-state index contributed by atoms with van der Waals surface area (Å²) < 4.78 is 0. The number of rotatable bonds is 2. The van der Waals surface area contributed by atoms with Crippen LogP contribution in [0.4, 0.5) is 5.69 Å². The molecule has 2 heterocycles. The van der Waals surface area contributed by atoms with Crippen molar-refractivity contribution in [1.82, 2.24) is 20.6 Å². The third-order valence-corrected chi connectivity index (χ3v) is 3.85. The van der Waals surface area contributed by atoms with Crippen molar-refractivity contribution >= 4 is 17.5 Å². The maximum Gasteiger partial charge on any atom is 0.266 e. The van der Waals surface area contributed by atoms with Gasteiger partial charge in [0.25, 0.3) is 11.8 Å². The van der Waals surface area contributed by atoms with Gasteiger partial charge in [-0.25, -0.2) is 4.90 Å². The van der Waals surface area contributed by atoms with Gasteiger partial charge in [-0.2, -0.15) is 5.21 Å². The summed E-state index contributed by atoms with van der Waals surface area (Å²) in [5, 5.41) is 13.8. The molecule has 1 aliphatic heterocycles. The second-order valence-corrected chi connectivity index (χ2v) is 5.23. The molecule has 3 aromatic rings. The minimum Gasteiger partial charge on any atom is -0.268 e. The molecule has 1 aromatic heterocycles. The maximum atomic E-state index is 12.6. The summed E-state index contributed by atoms with van der Waals surface area (Å²) in [6.45, 7) is 1.85.